The van der Waals surface area contributed by atoms with Crippen LogP contribution in [0.5, 0.6) is 0 Å². The number of rotatable bonds is 8. The third-order valence-electron chi connectivity index (χ3n) is 7.40. The topological polar surface area (TPSA) is 82.3 Å². The Morgan fingerprint density at radius 2 is 1.46 bits per heavy atom. The average Bonchev–Trinajstić information content (AvgIpc) is 3.31. The number of aryl methyl sites for hydroxylation is 3. The van der Waals surface area contributed by atoms with Crippen LogP contribution in [0, 0.1) is 6.92 Å². The largest absolute Gasteiger partial charge is 0.449 e. The normalized spacial score (nSPS) is 11.1. The zero-order chi connectivity index (χ0) is 28.9. The molecule has 0 aliphatic carbocycles. The van der Waals surface area contributed by atoms with Crippen LogP contribution in [-0.4, -0.2) is 21.4 Å². The van der Waals surface area contributed by atoms with E-state index in [1.165, 1.54) is 0 Å². The molecule has 0 aliphatic rings. The van der Waals surface area contributed by atoms with E-state index in [4.69, 9.17) is 4.74 Å². The number of carbonyl (C=O) groups excluding carboxylic acids is 2. The summed E-state index contributed by atoms with van der Waals surface area (Å²) in [5.74, 6) is -0.583. The number of hydrogen-bond acceptors (Lipinski definition) is 4. The zero-order valence-corrected chi connectivity index (χ0v) is 23.5. The van der Waals surface area contributed by atoms with Crippen molar-refractivity contribution in [1.29, 1.82) is 0 Å². The Kier molecular flexibility index (Phi) is 8.15. The number of benzene rings is 4. The molecule has 0 unspecified atom stereocenters. The highest BCUT2D eigenvalue weighted by Gasteiger charge is 2.26. The zero-order valence-electron chi connectivity index (χ0n) is 23.5. The van der Waals surface area contributed by atoms with Crippen molar-refractivity contribution < 1.29 is 14.3 Å². The highest BCUT2D eigenvalue weighted by atomic mass is 16.5. The van der Waals surface area contributed by atoms with Crippen molar-refractivity contribution in [3.05, 3.63) is 141 Å². The highest BCUT2D eigenvalue weighted by molar-refractivity contribution is 6.03. The molecule has 0 saturated heterocycles. The van der Waals surface area contributed by atoms with Gasteiger partial charge in [0.15, 0.2) is 6.10 Å². The van der Waals surface area contributed by atoms with Gasteiger partial charge in [-0.3, -0.25) is 9.48 Å². The molecule has 0 spiro atoms. The van der Waals surface area contributed by atoms with Crippen molar-refractivity contribution in [2.24, 2.45) is 0 Å². The third-order valence-corrected chi connectivity index (χ3v) is 7.40. The summed E-state index contributed by atoms with van der Waals surface area (Å²) in [4.78, 5) is 40.7. The molecule has 0 aliphatic heterocycles. The number of carbonyl (C=O) groups is 2. The van der Waals surface area contributed by atoms with Gasteiger partial charge in [-0.05, 0) is 60.2 Å². The molecule has 0 radical (unpaired) electrons. The summed E-state index contributed by atoms with van der Waals surface area (Å²) in [5, 5.41) is 3.19. The Morgan fingerprint density at radius 1 is 0.829 bits per heavy atom. The Balaban J connectivity index is 1.51. The van der Waals surface area contributed by atoms with Crippen molar-refractivity contribution in [2.45, 2.75) is 46.4 Å². The van der Waals surface area contributed by atoms with Crippen molar-refractivity contribution in [3.63, 3.8) is 0 Å². The van der Waals surface area contributed by atoms with Gasteiger partial charge in [-0.25, -0.2) is 9.59 Å². The molecule has 5 aromatic rings. The number of fused-ring (bicyclic) bond motifs is 1. The quantitative estimate of drug-likeness (QED) is 0.228. The second-order valence-corrected chi connectivity index (χ2v) is 9.87. The average molecular weight is 548 g/mol. The minimum absolute atomic E-state index is 0.219. The Labute approximate surface area is 239 Å². The summed E-state index contributed by atoms with van der Waals surface area (Å²) in [6.45, 7) is 6.49. The molecule has 7 heteroatoms. The van der Waals surface area contributed by atoms with Gasteiger partial charge >= 0.3 is 12.0 Å². The van der Waals surface area contributed by atoms with Gasteiger partial charge in [0.2, 0.25) is 0 Å². The van der Waals surface area contributed by atoms with Gasteiger partial charge in [0.25, 0.3) is 5.56 Å². The van der Waals surface area contributed by atoms with Crippen molar-refractivity contribution >= 4 is 22.9 Å². The first kappa shape index (κ1) is 27.6. The molecule has 1 amide bonds. The second kappa shape index (κ2) is 12.1. The summed E-state index contributed by atoms with van der Waals surface area (Å²) in [6.07, 6.45) is 0.190. The summed E-state index contributed by atoms with van der Waals surface area (Å²) in [6, 6.07) is 29.4. The lowest BCUT2D eigenvalue weighted by Crippen LogP contribution is -2.38. The number of nitrogens with one attached hydrogen (secondary N) is 1. The minimum Gasteiger partial charge on any atom is -0.449 e. The van der Waals surface area contributed by atoms with Crippen molar-refractivity contribution in [2.75, 3.05) is 0 Å². The molecule has 208 valence electrons. The summed E-state index contributed by atoms with van der Waals surface area (Å²) in [5.41, 5.74) is 5.00. The van der Waals surface area contributed by atoms with Gasteiger partial charge in [0.05, 0.1) is 16.5 Å². The molecule has 5 rings (SSSR count). The van der Waals surface area contributed by atoms with Crippen LogP contribution < -0.4 is 10.9 Å². The lowest BCUT2D eigenvalue weighted by Gasteiger charge is -2.19. The first-order valence-corrected chi connectivity index (χ1v) is 13.9. The summed E-state index contributed by atoms with van der Waals surface area (Å²) < 4.78 is 8.73. The molecule has 0 fully saturated rings. The molecule has 41 heavy (non-hydrogen) atoms. The van der Waals surface area contributed by atoms with Crippen LogP contribution >= 0.6 is 0 Å². The SMILES string of the molecule is CCc1cccc(C)c1CNC(=O)n1c(=O)c2cccc(C(=O)OC(c3ccccc3)c3ccccc3)c2n1CC. The minimum atomic E-state index is -0.644. The lowest BCUT2D eigenvalue weighted by atomic mass is 10.0. The fraction of sp³-hybridized carbons (Fsp3) is 0.206. The van der Waals surface area contributed by atoms with Crippen LogP contribution in [0.15, 0.2) is 102 Å². The molecule has 7 nitrogen and oxygen atoms in total. The summed E-state index contributed by atoms with van der Waals surface area (Å²) in [7, 11) is 0. The van der Waals surface area contributed by atoms with E-state index < -0.39 is 23.7 Å². The van der Waals surface area contributed by atoms with E-state index in [1.807, 2.05) is 92.7 Å². The fourth-order valence-corrected chi connectivity index (χ4v) is 5.32. The Bertz CT molecular complexity index is 1710. The van der Waals surface area contributed by atoms with E-state index in [0.717, 1.165) is 38.9 Å². The Hall–Kier alpha value is -4.91. The van der Waals surface area contributed by atoms with Crippen LogP contribution in [-0.2, 0) is 24.2 Å². The number of nitrogens with zero attached hydrogens (tertiary/aromatic N) is 2. The molecule has 4 aromatic carbocycles. The van der Waals surface area contributed by atoms with E-state index in [9.17, 15) is 14.4 Å². The Morgan fingerprint density at radius 3 is 2.07 bits per heavy atom. The van der Waals surface area contributed by atoms with Crippen molar-refractivity contribution in [3.8, 4) is 0 Å². The molecule has 0 bridgehead atoms. The lowest BCUT2D eigenvalue weighted by molar-refractivity contribution is 0.0379. The van der Waals surface area contributed by atoms with Crippen LogP contribution in [0.1, 0.15) is 58.1 Å². The standard InChI is InChI=1S/C34H33N3O4/c1-4-24-19-12-14-23(3)29(24)22-35-34(40)37-32(38)27-20-13-21-28(30(27)36(37)5-2)33(39)41-31(25-15-8-6-9-16-25)26-17-10-7-11-18-26/h6-21,31H,4-5,22H2,1-3H3,(H,35,40). The van der Waals surface area contributed by atoms with E-state index >= 15 is 0 Å². The number of esters is 1. The number of para-hydroxylation sites is 1. The van der Waals surface area contributed by atoms with Crippen molar-refractivity contribution in [1.82, 2.24) is 14.7 Å². The van der Waals surface area contributed by atoms with Gasteiger partial charge < -0.3 is 10.1 Å². The highest BCUT2D eigenvalue weighted by Crippen LogP contribution is 2.28. The molecule has 0 saturated carbocycles. The van der Waals surface area contributed by atoms with Gasteiger partial charge in [-0.1, -0.05) is 91.9 Å². The maximum Gasteiger partial charge on any atom is 0.344 e. The molecular formula is C34H33N3O4. The molecule has 0 atom stereocenters. The first-order valence-electron chi connectivity index (χ1n) is 13.9. The summed E-state index contributed by atoms with van der Waals surface area (Å²) >= 11 is 0. The molecule has 1 aromatic heterocycles. The van der Waals surface area contributed by atoms with Gasteiger partial charge in [-0.15, -0.1) is 0 Å². The smallest absolute Gasteiger partial charge is 0.344 e. The van der Waals surface area contributed by atoms with E-state index in [0.29, 0.717) is 12.1 Å². The predicted molar refractivity (Wildman–Crippen MR) is 160 cm³/mol. The first-order chi connectivity index (χ1) is 19.9. The number of hydrogen-bond donors (Lipinski definition) is 1. The maximum atomic E-state index is 13.7. The molecular weight excluding hydrogens is 514 g/mol. The fourth-order valence-electron chi connectivity index (χ4n) is 5.32. The maximum absolute atomic E-state index is 13.7. The monoisotopic (exact) mass is 547 g/mol. The van der Waals surface area contributed by atoms with E-state index in [1.54, 1.807) is 22.9 Å². The van der Waals surface area contributed by atoms with Crippen LogP contribution in [0.25, 0.3) is 10.9 Å². The second-order valence-electron chi connectivity index (χ2n) is 9.87. The van der Waals surface area contributed by atoms with Gasteiger partial charge in [0, 0.05) is 13.1 Å². The van der Waals surface area contributed by atoms with Crippen LogP contribution in [0.2, 0.25) is 0 Å². The molecule has 1 heterocycles. The van der Waals surface area contributed by atoms with Gasteiger partial charge in [-0.2, -0.15) is 4.68 Å². The van der Waals surface area contributed by atoms with Crippen LogP contribution in [0.4, 0.5) is 4.79 Å². The third kappa shape index (κ3) is 5.43. The number of amides is 1. The number of aromatic nitrogens is 2. The predicted octanol–water partition coefficient (Wildman–Crippen LogP) is 6.40. The van der Waals surface area contributed by atoms with E-state index in [2.05, 4.69) is 12.2 Å². The van der Waals surface area contributed by atoms with Gasteiger partial charge in [0.1, 0.15) is 0 Å². The molecule has 1 N–H and O–H groups in total. The van der Waals surface area contributed by atoms with E-state index in [-0.39, 0.29) is 17.5 Å². The van der Waals surface area contributed by atoms with Crippen LogP contribution in [0.3, 0.4) is 0 Å². The number of ether oxygens (including phenoxy) is 1.